The molecule has 0 aliphatic rings. The third-order valence-corrected chi connectivity index (χ3v) is 8.53. The minimum atomic E-state index is 0.486. The fourth-order valence-corrected chi connectivity index (χ4v) is 6.84. The number of aromatic nitrogens is 1. The molecule has 5 heteroatoms. The van der Waals surface area contributed by atoms with Crippen molar-refractivity contribution in [1.29, 1.82) is 0 Å². The maximum absolute atomic E-state index is 5.28. The maximum atomic E-state index is 5.28. The van der Waals surface area contributed by atoms with Crippen molar-refractivity contribution in [2.75, 3.05) is 0 Å². The molecule has 3 aromatic carbocycles. The number of nitrogens with zero attached hydrogens (tertiary/aromatic N) is 3. The Morgan fingerprint density at radius 3 is 2.17 bits per heavy atom. The molecule has 6 rings (SSSR count). The summed E-state index contributed by atoms with van der Waals surface area (Å²) in [5, 5.41) is 7.78. The summed E-state index contributed by atoms with van der Waals surface area (Å²) >= 11 is 3.34. The number of para-hydroxylation sites is 2. The molecule has 0 saturated carbocycles. The average molecular weight is 502 g/mol. The van der Waals surface area contributed by atoms with Crippen molar-refractivity contribution in [2.45, 2.75) is 6.67 Å². The quantitative estimate of drug-likeness (QED) is 0.195. The Hall–Kier alpha value is -4.06. The molecular weight excluding hydrogens is 478 g/mol. The van der Waals surface area contributed by atoms with Crippen LogP contribution in [0.4, 0.5) is 5.69 Å². The highest BCUT2D eigenvalue weighted by Crippen LogP contribution is 2.38. The largest absolute Gasteiger partial charge is 0.320 e. The van der Waals surface area contributed by atoms with Gasteiger partial charge in [0.2, 0.25) is 0 Å². The second-order valence-electron chi connectivity index (χ2n) is 8.41. The van der Waals surface area contributed by atoms with E-state index >= 15 is 0 Å². The van der Waals surface area contributed by atoms with Crippen LogP contribution < -0.4 is 0 Å². The Kier molecular flexibility index (Phi) is 5.72. The Morgan fingerprint density at radius 1 is 0.806 bits per heavy atom. The standard InChI is InChI=1S/C31H23N3S2/c1-4-20-23-13-10-14-24(31(23)36-29(20)5-2)30(25-17-35-18-26(25)32-3)33-19-34-27-15-8-6-11-21(27)22-12-7-9-16-28(22)34/h4-18H,1-3,19H2/b33-30-. The summed E-state index contributed by atoms with van der Waals surface area (Å²) in [6.07, 6.45) is 3.82. The lowest BCUT2D eigenvalue weighted by molar-refractivity contribution is 0.793. The van der Waals surface area contributed by atoms with E-state index in [0.29, 0.717) is 6.67 Å². The predicted octanol–water partition coefficient (Wildman–Crippen LogP) is 9.18. The molecule has 3 nitrogen and oxygen atoms in total. The molecule has 0 aliphatic carbocycles. The Morgan fingerprint density at radius 2 is 1.50 bits per heavy atom. The highest BCUT2D eigenvalue weighted by Gasteiger charge is 2.19. The zero-order valence-corrected chi connectivity index (χ0v) is 21.3. The van der Waals surface area contributed by atoms with Crippen LogP contribution in [0.1, 0.15) is 21.6 Å². The van der Waals surface area contributed by atoms with Crippen molar-refractivity contribution in [2.24, 2.45) is 9.98 Å². The lowest BCUT2D eigenvalue weighted by atomic mass is 10.0. The van der Waals surface area contributed by atoms with Gasteiger partial charge in [0.25, 0.3) is 0 Å². The summed E-state index contributed by atoms with van der Waals surface area (Å²) in [5.74, 6) is 0. The van der Waals surface area contributed by atoms with E-state index in [4.69, 9.17) is 4.99 Å². The summed E-state index contributed by atoms with van der Waals surface area (Å²) in [5.41, 5.74) is 7.30. The molecule has 0 spiro atoms. The minimum Gasteiger partial charge on any atom is -0.320 e. The van der Waals surface area contributed by atoms with Gasteiger partial charge in [-0.2, -0.15) is 0 Å². The highest BCUT2D eigenvalue weighted by molar-refractivity contribution is 7.20. The van der Waals surface area contributed by atoms with Crippen LogP contribution in [0, 0.1) is 0 Å². The predicted molar refractivity (Wildman–Crippen MR) is 161 cm³/mol. The van der Waals surface area contributed by atoms with E-state index < -0.39 is 0 Å². The van der Waals surface area contributed by atoms with E-state index in [0.717, 1.165) is 38.4 Å². The molecule has 174 valence electrons. The number of thiophene rings is 2. The zero-order chi connectivity index (χ0) is 24.6. The van der Waals surface area contributed by atoms with E-state index in [-0.39, 0.29) is 0 Å². The lowest BCUT2D eigenvalue weighted by Crippen LogP contribution is -2.06. The van der Waals surface area contributed by atoms with E-state index in [1.807, 2.05) is 17.5 Å². The van der Waals surface area contributed by atoms with Crippen LogP contribution in [0.15, 0.2) is 101 Å². The first-order chi connectivity index (χ1) is 17.7. The van der Waals surface area contributed by atoms with Crippen molar-refractivity contribution in [3.8, 4) is 0 Å². The average Bonchev–Trinajstić information content (AvgIpc) is 3.63. The van der Waals surface area contributed by atoms with Gasteiger partial charge in [0.05, 0.1) is 22.4 Å². The maximum Gasteiger partial charge on any atom is 0.115 e. The Labute approximate surface area is 217 Å². The van der Waals surface area contributed by atoms with Crippen LogP contribution in [0.25, 0.3) is 44.0 Å². The van der Waals surface area contributed by atoms with Gasteiger partial charge in [-0.25, -0.2) is 0 Å². The Balaban J connectivity index is 1.60. The van der Waals surface area contributed by atoms with E-state index in [1.54, 1.807) is 22.7 Å². The second-order valence-corrected chi connectivity index (χ2v) is 10.2. The van der Waals surface area contributed by atoms with Crippen molar-refractivity contribution in [1.82, 2.24) is 4.57 Å². The molecular formula is C31H23N3S2. The van der Waals surface area contributed by atoms with Crippen LogP contribution >= 0.6 is 22.7 Å². The molecule has 0 bridgehead atoms. The van der Waals surface area contributed by atoms with Gasteiger partial charge < -0.3 is 4.57 Å². The van der Waals surface area contributed by atoms with E-state index in [2.05, 4.69) is 102 Å². The molecule has 3 aromatic heterocycles. The molecule has 0 amide bonds. The first-order valence-corrected chi connectivity index (χ1v) is 13.4. The summed E-state index contributed by atoms with van der Waals surface area (Å²) in [7, 11) is 0. The summed E-state index contributed by atoms with van der Waals surface area (Å²) < 4.78 is 3.46. The van der Waals surface area contributed by atoms with Crippen LogP contribution in [0.5, 0.6) is 0 Å². The smallest absolute Gasteiger partial charge is 0.115 e. The molecule has 3 heterocycles. The number of hydrogen-bond acceptors (Lipinski definition) is 4. The van der Waals surface area contributed by atoms with Crippen LogP contribution in [-0.4, -0.2) is 17.0 Å². The Bertz CT molecular complexity index is 1770. The SMILES string of the molecule is C=Cc1sc2c(/C(=N/Cn3c4ccccc4c4ccccc43)c3cscc3N=C)cccc2c1C=C. The molecule has 0 unspecified atom stereocenters. The number of aliphatic imine (C=N–C) groups is 2. The molecule has 36 heavy (non-hydrogen) atoms. The lowest BCUT2D eigenvalue weighted by Gasteiger charge is -2.11. The second kappa shape index (κ2) is 9.19. The van der Waals surface area contributed by atoms with Gasteiger partial charge in [0.1, 0.15) is 6.67 Å². The normalized spacial score (nSPS) is 11.9. The number of fused-ring (bicyclic) bond motifs is 4. The van der Waals surface area contributed by atoms with E-state index in [1.165, 1.54) is 26.5 Å². The van der Waals surface area contributed by atoms with Crippen molar-refractivity contribution in [3.05, 3.63) is 112 Å². The zero-order valence-electron chi connectivity index (χ0n) is 19.6. The van der Waals surface area contributed by atoms with Gasteiger partial charge in [-0.3, -0.25) is 9.98 Å². The third kappa shape index (κ3) is 3.48. The van der Waals surface area contributed by atoms with Crippen molar-refractivity contribution < 1.29 is 0 Å². The summed E-state index contributed by atoms with van der Waals surface area (Å²) in [4.78, 5) is 10.7. The van der Waals surface area contributed by atoms with Crippen LogP contribution in [-0.2, 0) is 6.67 Å². The highest BCUT2D eigenvalue weighted by atomic mass is 32.1. The molecule has 0 radical (unpaired) electrons. The molecule has 0 saturated heterocycles. The van der Waals surface area contributed by atoms with Gasteiger partial charge in [0, 0.05) is 47.6 Å². The first kappa shape index (κ1) is 22.4. The summed E-state index contributed by atoms with van der Waals surface area (Å²) in [6, 6.07) is 23.4. The van der Waals surface area contributed by atoms with Gasteiger partial charge in [-0.05, 0) is 24.4 Å². The number of benzene rings is 3. The molecule has 0 fully saturated rings. The number of rotatable bonds is 7. The van der Waals surface area contributed by atoms with E-state index in [9.17, 15) is 0 Å². The van der Waals surface area contributed by atoms with Gasteiger partial charge in [-0.15, -0.1) is 22.7 Å². The molecule has 6 aromatic rings. The first-order valence-electron chi connectivity index (χ1n) is 11.6. The molecule has 0 aliphatic heterocycles. The fraction of sp³-hybridized carbons (Fsp3) is 0.0323. The van der Waals surface area contributed by atoms with Gasteiger partial charge in [-0.1, -0.05) is 79.9 Å². The molecule has 0 N–H and O–H groups in total. The minimum absolute atomic E-state index is 0.486. The van der Waals surface area contributed by atoms with Crippen LogP contribution in [0.3, 0.4) is 0 Å². The molecule has 0 atom stereocenters. The van der Waals surface area contributed by atoms with Gasteiger partial charge >= 0.3 is 0 Å². The van der Waals surface area contributed by atoms with Gasteiger partial charge in [0.15, 0.2) is 0 Å². The summed E-state index contributed by atoms with van der Waals surface area (Å²) in [6.45, 7) is 12.4. The fourth-order valence-electron chi connectivity index (χ4n) is 4.91. The number of hydrogen-bond donors (Lipinski definition) is 0. The monoisotopic (exact) mass is 501 g/mol. The third-order valence-electron chi connectivity index (χ3n) is 6.54. The van der Waals surface area contributed by atoms with Crippen molar-refractivity contribution >= 4 is 84.8 Å². The topological polar surface area (TPSA) is 29.6 Å². The van der Waals surface area contributed by atoms with Crippen LogP contribution in [0.2, 0.25) is 0 Å². The van der Waals surface area contributed by atoms with Crippen molar-refractivity contribution in [3.63, 3.8) is 0 Å².